The third kappa shape index (κ3) is 2.61. The number of amides is 2. The Hall–Kier alpha value is -2.04. The highest BCUT2D eigenvalue weighted by Gasteiger charge is 2.20. The van der Waals surface area contributed by atoms with Crippen LogP contribution >= 0.6 is 0 Å². The highest BCUT2D eigenvalue weighted by molar-refractivity contribution is 6.01. The lowest BCUT2D eigenvalue weighted by atomic mass is 9.93. The van der Waals surface area contributed by atoms with Crippen molar-refractivity contribution in [3.63, 3.8) is 0 Å². The third-order valence-electron chi connectivity index (χ3n) is 3.18. The number of carbonyl (C=O) groups is 2. The smallest absolute Gasteiger partial charge is 0.337 e. The first-order valence-electron chi connectivity index (χ1n) is 5.98. The van der Waals surface area contributed by atoms with Crippen LogP contribution in [0.5, 0.6) is 0 Å². The fourth-order valence-corrected chi connectivity index (χ4v) is 1.90. The Morgan fingerprint density at radius 2 is 2.06 bits per heavy atom. The number of carboxylic acids is 1. The molecule has 2 rings (SSSR count). The van der Waals surface area contributed by atoms with Crippen LogP contribution in [0.2, 0.25) is 0 Å². The summed E-state index contributed by atoms with van der Waals surface area (Å²) in [6, 6.07) is 4.80. The van der Waals surface area contributed by atoms with Crippen LogP contribution < -0.4 is 10.6 Å². The molecule has 1 saturated carbocycles. The molecule has 0 bridgehead atoms. The molecular weight excluding hydrogens is 232 g/mol. The number of carbonyl (C=O) groups excluding carboxylic acids is 1. The molecule has 96 valence electrons. The number of hydrogen-bond donors (Lipinski definition) is 3. The van der Waals surface area contributed by atoms with Crippen molar-refractivity contribution >= 4 is 17.7 Å². The molecule has 0 radical (unpaired) electrons. The molecule has 1 aromatic rings. The minimum atomic E-state index is -1.04. The number of nitrogens with one attached hydrogen (secondary N) is 2. The van der Waals surface area contributed by atoms with Gasteiger partial charge < -0.3 is 15.7 Å². The van der Waals surface area contributed by atoms with Gasteiger partial charge in [0.2, 0.25) is 0 Å². The molecule has 0 atom stereocenters. The van der Waals surface area contributed by atoms with Crippen LogP contribution in [0.3, 0.4) is 0 Å². The lowest BCUT2D eigenvalue weighted by Crippen LogP contribution is -2.42. The van der Waals surface area contributed by atoms with Crippen LogP contribution in [-0.4, -0.2) is 23.1 Å². The summed E-state index contributed by atoms with van der Waals surface area (Å²) >= 11 is 0. The van der Waals surface area contributed by atoms with Crippen molar-refractivity contribution in [3.8, 4) is 0 Å². The first kappa shape index (κ1) is 12.4. The number of aryl methyl sites for hydroxylation is 1. The Morgan fingerprint density at radius 1 is 1.33 bits per heavy atom. The van der Waals surface area contributed by atoms with Crippen LogP contribution in [0.1, 0.15) is 35.2 Å². The first-order valence-corrected chi connectivity index (χ1v) is 5.98. The third-order valence-corrected chi connectivity index (χ3v) is 3.18. The van der Waals surface area contributed by atoms with E-state index in [9.17, 15) is 9.59 Å². The van der Waals surface area contributed by atoms with Crippen LogP contribution in [0, 0.1) is 6.92 Å². The maximum atomic E-state index is 11.7. The van der Waals surface area contributed by atoms with Gasteiger partial charge in [0.15, 0.2) is 0 Å². The number of hydrogen-bond acceptors (Lipinski definition) is 2. The van der Waals surface area contributed by atoms with Crippen LogP contribution in [0.4, 0.5) is 10.5 Å². The molecule has 0 saturated heterocycles. The largest absolute Gasteiger partial charge is 0.478 e. The van der Waals surface area contributed by atoms with E-state index in [0.717, 1.165) is 24.8 Å². The summed E-state index contributed by atoms with van der Waals surface area (Å²) in [4.78, 5) is 22.8. The number of rotatable bonds is 3. The molecule has 3 N–H and O–H groups in total. The maximum Gasteiger partial charge on any atom is 0.337 e. The van der Waals surface area contributed by atoms with E-state index >= 15 is 0 Å². The molecule has 0 aliphatic heterocycles. The Bertz CT molecular complexity index is 481. The predicted molar refractivity (Wildman–Crippen MR) is 67.9 cm³/mol. The monoisotopic (exact) mass is 248 g/mol. The lowest BCUT2D eigenvalue weighted by Gasteiger charge is -2.26. The molecule has 1 aromatic carbocycles. The molecular formula is C13H16N2O3. The van der Waals surface area contributed by atoms with Crippen LogP contribution in [0.25, 0.3) is 0 Å². The second-order valence-electron chi connectivity index (χ2n) is 4.53. The van der Waals surface area contributed by atoms with E-state index < -0.39 is 5.97 Å². The molecule has 2 amide bonds. The minimum Gasteiger partial charge on any atom is -0.478 e. The number of aromatic carboxylic acids is 1. The molecule has 0 aromatic heterocycles. The van der Waals surface area contributed by atoms with Gasteiger partial charge in [-0.1, -0.05) is 12.1 Å². The number of benzene rings is 1. The number of urea groups is 1. The molecule has 0 unspecified atom stereocenters. The molecule has 1 aliphatic rings. The van der Waals surface area contributed by atoms with Gasteiger partial charge in [-0.15, -0.1) is 0 Å². The van der Waals surface area contributed by atoms with Gasteiger partial charge in [-0.25, -0.2) is 9.59 Å². The van der Waals surface area contributed by atoms with E-state index in [-0.39, 0.29) is 17.6 Å². The van der Waals surface area contributed by atoms with E-state index in [1.165, 1.54) is 6.07 Å². The topological polar surface area (TPSA) is 78.4 Å². The van der Waals surface area contributed by atoms with Gasteiger partial charge in [-0.05, 0) is 37.8 Å². The summed E-state index contributed by atoms with van der Waals surface area (Å²) < 4.78 is 0. The van der Waals surface area contributed by atoms with Crippen molar-refractivity contribution in [2.75, 3.05) is 5.32 Å². The Balaban J connectivity index is 2.11. The second kappa shape index (κ2) is 5.08. The summed E-state index contributed by atoms with van der Waals surface area (Å²) in [5, 5.41) is 14.5. The second-order valence-corrected chi connectivity index (χ2v) is 4.53. The van der Waals surface area contributed by atoms with Gasteiger partial charge in [0, 0.05) is 6.04 Å². The van der Waals surface area contributed by atoms with Gasteiger partial charge in [0.25, 0.3) is 0 Å². The average Bonchev–Trinajstić information content (AvgIpc) is 2.26. The standard InChI is InChI=1S/C13H16N2O3/c1-8-4-2-7-10(12(16)17)11(8)15-13(18)14-9-5-3-6-9/h2,4,7,9H,3,5-6H2,1H3,(H,16,17)(H2,14,15,18). The van der Waals surface area contributed by atoms with Crippen molar-refractivity contribution in [2.24, 2.45) is 0 Å². The van der Waals surface area contributed by atoms with Crippen LogP contribution in [0.15, 0.2) is 18.2 Å². The molecule has 5 nitrogen and oxygen atoms in total. The van der Waals surface area contributed by atoms with Gasteiger partial charge in [0.05, 0.1) is 11.3 Å². The highest BCUT2D eigenvalue weighted by atomic mass is 16.4. The lowest BCUT2D eigenvalue weighted by molar-refractivity contribution is 0.0698. The Labute approximate surface area is 105 Å². The number of carboxylic acid groups (broad SMARTS) is 1. The minimum absolute atomic E-state index is 0.110. The first-order chi connectivity index (χ1) is 8.58. The molecule has 1 fully saturated rings. The molecule has 18 heavy (non-hydrogen) atoms. The Morgan fingerprint density at radius 3 is 2.61 bits per heavy atom. The van der Waals surface area contributed by atoms with Gasteiger partial charge in [-0.2, -0.15) is 0 Å². The van der Waals surface area contributed by atoms with Gasteiger partial charge >= 0.3 is 12.0 Å². The fraction of sp³-hybridized carbons (Fsp3) is 0.385. The summed E-state index contributed by atoms with van der Waals surface area (Å²) in [5.74, 6) is -1.04. The molecule has 0 spiro atoms. The van der Waals surface area contributed by atoms with Crippen molar-refractivity contribution in [3.05, 3.63) is 29.3 Å². The zero-order valence-corrected chi connectivity index (χ0v) is 10.2. The quantitative estimate of drug-likeness (QED) is 0.768. The van der Waals surface area contributed by atoms with E-state index in [1.807, 2.05) is 0 Å². The number of anilines is 1. The van der Waals surface area contributed by atoms with E-state index in [1.54, 1.807) is 19.1 Å². The van der Waals surface area contributed by atoms with E-state index in [2.05, 4.69) is 10.6 Å². The zero-order valence-electron chi connectivity index (χ0n) is 10.2. The Kier molecular flexibility index (Phi) is 3.50. The molecule has 5 heteroatoms. The normalized spacial score (nSPS) is 14.7. The van der Waals surface area contributed by atoms with E-state index in [4.69, 9.17) is 5.11 Å². The molecule has 0 heterocycles. The summed E-state index contributed by atoms with van der Waals surface area (Å²) in [6.07, 6.45) is 3.12. The van der Waals surface area contributed by atoms with Gasteiger partial charge in [-0.3, -0.25) is 0 Å². The molecule has 1 aliphatic carbocycles. The number of para-hydroxylation sites is 1. The van der Waals surface area contributed by atoms with Crippen molar-refractivity contribution in [1.29, 1.82) is 0 Å². The van der Waals surface area contributed by atoms with Gasteiger partial charge in [0.1, 0.15) is 0 Å². The van der Waals surface area contributed by atoms with Crippen molar-refractivity contribution in [1.82, 2.24) is 5.32 Å². The summed E-state index contributed by atoms with van der Waals surface area (Å²) in [7, 11) is 0. The summed E-state index contributed by atoms with van der Waals surface area (Å²) in [6.45, 7) is 1.77. The van der Waals surface area contributed by atoms with Crippen LogP contribution in [-0.2, 0) is 0 Å². The predicted octanol–water partition coefficient (Wildman–Crippen LogP) is 2.37. The maximum absolute atomic E-state index is 11.7. The van der Waals surface area contributed by atoms with E-state index in [0.29, 0.717) is 5.69 Å². The highest BCUT2D eigenvalue weighted by Crippen LogP contribution is 2.22. The summed E-state index contributed by atoms with van der Waals surface area (Å²) in [5.41, 5.74) is 1.21. The average molecular weight is 248 g/mol. The SMILES string of the molecule is Cc1cccc(C(=O)O)c1NC(=O)NC1CCC1. The van der Waals surface area contributed by atoms with Crippen molar-refractivity contribution < 1.29 is 14.7 Å². The zero-order chi connectivity index (χ0) is 13.1. The van der Waals surface area contributed by atoms with Crippen molar-refractivity contribution in [2.45, 2.75) is 32.2 Å². The fourth-order valence-electron chi connectivity index (χ4n) is 1.90.